The maximum Gasteiger partial charge on any atom is 0.241 e. The number of para-hydroxylation sites is 1. The highest BCUT2D eigenvalue weighted by atomic mass is 32.2. The van der Waals surface area contributed by atoms with Gasteiger partial charge in [0.25, 0.3) is 0 Å². The van der Waals surface area contributed by atoms with Gasteiger partial charge in [-0.1, -0.05) is 18.2 Å². The summed E-state index contributed by atoms with van der Waals surface area (Å²) in [5.74, 6) is 0.313. The van der Waals surface area contributed by atoms with E-state index in [0.717, 1.165) is 5.69 Å². The first-order chi connectivity index (χ1) is 9.52. The first-order valence-corrected chi connectivity index (χ1v) is 8.62. The normalized spacial score (nSPS) is 18.6. The highest BCUT2D eigenvalue weighted by Crippen LogP contribution is 2.14. The third kappa shape index (κ3) is 3.80. The minimum Gasteiger partial charge on any atom is -0.312 e. The maximum absolute atomic E-state index is 12.3. The number of carbonyl (C=O) groups is 1. The molecule has 0 bridgehead atoms. The molecule has 2 rings (SSSR count). The van der Waals surface area contributed by atoms with E-state index in [4.69, 9.17) is 0 Å². The third-order valence-corrected chi connectivity index (χ3v) is 5.09. The van der Waals surface area contributed by atoms with Crippen molar-refractivity contribution >= 4 is 21.4 Å². The largest absolute Gasteiger partial charge is 0.312 e. The van der Waals surface area contributed by atoms with E-state index in [1.54, 1.807) is 4.90 Å². The van der Waals surface area contributed by atoms with E-state index < -0.39 is 9.84 Å². The number of anilines is 1. The van der Waals surface area contributed by atoms with Crippen molar-refractivity contribution in [1.82, 2.24) is 4.90 Å². The van der Waals surface area contributed by atoms with Crippen LogP contribution in [-0.2, 0) is 14.6 Å². The van der Waals surface area contributed by atoms with Gasteiger partial charge in [-0.3, -0.25) is 9.69 Å². The molecule has 0 atom stereocenters. The molecule has 1 aromatic carbocycles. The van der Waals surface area contributed by atoms with E-state index in [9.17, 15) is 13.2 Å². The number of amides is 1. The van der Waals surface area contributed by atoms with Gasteiger partial charge in [-0.15, -0.1) is 0 Å². The molecule has 1 aliphatic heterocycles. The minimum atomic E-state index is -2.90. The molecule has 1 aromatic rings. The zero-order chi connectivity index (χ0) is 14.6. The number of sulfone groups is 1. The second-order valence-electron chi connectivity index (χ2n) is 4.90. The highest BCUT2D eigenvalue weighted by molar-refractivity contribution is 7.91. The lowest BCUT2D eigenvalue weighted by atomic mass is 10.2. The van der Waals surface area contributed by atoms with Crippen LogP contribution < -0.4 is 4.90 Å². The van der Waals surface area contributed by atoms with E-state index in [1.807, 2.05) is 42.2 Å². The van der Waals surface area contributed by atoms with E-state index in [2.05, 4.69) is 0 Å². The average Bonchev–Trinajstić information content (AvgIpc) is 2.43. The van der Waals surface area contributed by atoms with E-state index in [0.29, 0.717) is 19.6 Å². The Bertz CT molecular complexity index is 543. The predicted molar refractivity (Wildman–Crippen MR) is 79.6 cm³/mol. The number of likely N-dealkylation sites (N-methyl/N-ethyl adjacent to an activating group) is 1. The van der Waals surface area contributed by atoms with Gasteiger partial charge in [0.15, 0.2) is 9.84 Å². The minimum absolute atomic E-state index is 0.0120. The molecule has 1 saturated heterocycles. The van der Waals surface area contributed by atoms with Crippen molar-refractivity contribution in [2.45, 2.75) is 6.92 Å². The smallest absolute Gasteiger partial charge is 0.241 e. The van der Waals surface area contributed by atoms with Gasteiger partial charge in [-0.05, 0) is 19.1 Å². The van der Waals surface area contributed by atoms with Gasteiger partial charge < -0.3 is 4.90 Å². The Morgan fingerprint density at radius 2 is 1.80 bits per heavy atom. The van der Waals surface area contributed by atoms with Crippen LogP contribution in [0.2, 0.25) is 0 Å². The molecule has 1 amide bonds. The summed E-state index contributed by atoms with van der Waals surface area (Å²) in [5, 5.41) is 0. The van der Waals surface area contributed by atoms with Gasteiger partial charge >= 0.3 is 0 Å². The lowest BCUT2D eigenvalue weighted by molar-refractivity contribution is -0.119. The van der Waals surface area contributed by atoms with Crippen molar-refractivity contribution in [2.75, 3.05) is 42.6 Å². The first-order valence-electron chi connectivity index (χ1n) is 6.80. The van der Waals surface area contributed by atoms with Gasteiger partial charge in [-0.25, -0.2) is 8.42 Å². The van der Waals surface area contributed by atoms with Crippen LogP contribution in [0.1, 0.15) is 6.92 Å². The highest BCUT2D eigenvalue weighted by Gasteiger charge is 2.24. The molecule has 5 nitrogen and oxygen atoms in total. The number of carbonyl (C=O) groups excluding carboxylic acids is 1. The fraction of sp³-hybridized carbons (Fsp3) is 0.500. The topological polar surface area (TPSA) is 57.7 Å². The molecule has 0 aliphatic carbocycles. The molecule has 20 heavy (non-hydrogen) atoms. The number of hydrogen-bond acceptors (Lipinski definition) is 4. The quantitative estimate of drug-likeness (QED) is 0.823. The molecule has 110 valence electrons. The fourth-order valence-corrected chi connectivity index (χ4v) is 3.57. The van der Waals surface area contributed by atoms with Crippen LogP contribution in [0.25, 0.3) is 0 Å². The van der Waals surface area contributed by atoms with Gasteiger partial charge in [0, 0.05) is 25.3 Å². The Hall–Kier alpha value is -1.40. The fourth-order valence-electron chi connectivity index (χ4n) is 2.30. The molecule has 6 heteroatoms. The van der Waals surface area contributed by atoms with Crippen molar-refractivity contribution < 1.29 is 13.2 Å². The number of nitrogens with zero attached hydrogens (tertiary/aromatic N) is 2. The van der Waals surface area contributed by atoms with Crippen LogP contribution in [0.15, 0.2) is 30.3 Å². The van der Waals surface area contributed by atoms with Crippen molar-refractivity contribution in [3.8, 4) is 0 Å². The average molecular weight is 296 g/mol. The Labute approximate surface area is 120 Å². The molecule has 1 aliphatic rings. The third-order valence-electron chi connectivity index (χ3n) is 3.48. The molecule has 1 heterocycles. The van der Waals surface area contributed by atoms with Crippen molar-refractivity contribution in [3.05, 3.63) is 30.3 Å². The Kier molecular flexibility index (Phi) is 4.77. The monoisotopic (exact) mass is 296 g/mol. The summed E-state index contributed by atoms with van der Waals surface area (Å²) in [7, 11) is -2.90. The Morgan fingerprint density at radius 1 is 1.20 bits per heavy atom. The van der Waals surface area contributed by atoms with Gasteiger partial charge in [0.1, 0.15) is 0 Å². The zero-order valence-corrected chi connectivity index (χ0v) is 12.5. The molecule has 0 radical (unpaired) electrons. The second kappa shape index (κ2) is 6.37. The molecule has 0 unspecified atom stereocenters. The van der Waals surface area contributed by atoms with E-state index in [-0.39, 0.29) is 24.0 Å². The van der Waals surface area contributed by atoms with E-state index in [1.165, 1.54) is 0 Å². The lowest BCUT2D eigenvalue weighted by Crippen LogP contribution is -2.46. The maximum atomic E-state index is 12.3. The Balaban J connectivity index is 1.97. The predicted octanol–water partition coefficient (Wildman–Crippen LogP) is 0.770. The summed E-state index contributed by atoms with van der Waals surface area (Å²) in [6.07, 6.45) is 0. The number of rotatable bonds is 4. The SMILES string of the molecule is CCN(C(=O)CN1CCS(=O)(=O)CC1)c1ccccc1. The van der Waals surface area contributed by atoms with E-state index >= 15 is 0 Å². The van der Waals surface area contributed by atoms with Crippen LogP contribution in [0.3, 0.4) is 0 Å². The van der Waals surface area contributed by atoms with Crippen LogP contribution in [-0.4, -0.2) is 56.9 Å². The number of benzene rings is 1. The van der Waals surface area contributed by atoms with Crippen LogP contribution in [0.5, 0.6) is 0 Å². The second-order valence-corrected chi connectivity index (χ2v) is 7.21. The summed E-state index contributed by atoms with van der Waals surface area (Å²) in [6, 6.07) is 9.53. The summed E-state index contributed by atoms with van der Waals surface area (Å²) < 4.78 is 22.7. The van der Waals surface area contributed by atoms with Crippen molar-refractivity contribution in [2.24, 2.45) is 0 Å². The number of hydrogen-bond donors (Lipinski definition) is 0. The molecule has 0 saturated carbocycles. The molecule has 1 fully saturated rings. The van der Waals surface area contributed by atoms with Crippen molar-refractivity contribution in [1.29, 1.82) is 0 Å². The Morgan fingerprint density at radius 3 is 2.35 bits per heavy atom. The van der Waals surface area contributed by atoms with Gasteiger partial charge in [0.05, 0.1) is 18.1 Å². The van der Waals surface area contributed by atoms with Crippen molar-refractivity contribution in [3.63, 3.8) is 0 Å². The molecule has 0 spiro atoms. The van der Waals surface area contributed by atoms with Crippen LogP contribution in [0.4, 0.5) is 5.69 Å². The summed E-state index contributed by atoms with van der Waals surface area (Å²) in [5.41, 5.74) is 0.879. The summed E-state index contributed by atoms with van der Waals surface area (Å²) >= 11 is 0. The summed E-state index contributed by atoms with van der Waals surface area (Å²) in [4.78, 5) is 16.0. The van der Waals surface area contributed by atoms with Crippen LogP contribution in [0, 0.1) is 0 Å². The van der Waals surface area contributed by atoms with Gasteiger partial charge in [0.2, 0.25) is 5.91 Å². The molecule has 0 aromatic heterocycles. The first kappa shape index (κ1) is 15.0. The standard InChI is InChI=1S/C14H20N2O3S/c1-2-16(13-6-4-3-5-7-13)14(17)12-15-8-10-20(18,19)11-9-15/h3-7H,2,8-12H2,1H3. The van der Waals surface area contributed by atoms with Crippen LogP contribution >= 0.6 is 0 Å². The zero-order valence-electron chi connectivity index (χ0n) is 11.7. The summed E-state index contributed by atoms with van der Waals surface area (Å²) in [6.45, 7) is 3.71. The van der Waals surface area contributed by atoms with Gasteiger partial charge in [-0.2, -0.15) is 0 Å². The lowest BCUT2D eigenvalue weighted by Gasteiger charge is -2.29. The molecule has 0 N–H and O–H groups in total. The molecular formula is C14H20N2O3S. The molecular weight excluding hydrogens is 276 g/mol.